The molecule has 0 aliphatic carbocycles. The van der Waals surface area contributed by atoms with Gasteiger partial charge in [-0.05, 0) is 50.1 Å². The van der Waals surface area contributed by atoms with E-state index >= 15 is 0 Å². The smallest absolute Gasteiger partial charge is 0.324 e. The van der Waals surface area contributed by atoms with E-state index in [1.165, 1.54) is 31.2 Å². The number of hydrogen-bond acceptors (Lipinski definition) is 5. The lowest BCUT2D eigenvalue weighted by atomic mass is 9.92. The van der Waals surface area contributed by atoms with Crippen molar-refractivity contribution in [3.63, 3.8) is 0 Å². The summed E-state index contributed by atoms with van der Waals surface area (Å²) in [6, 6.07) is 10.2. The fourth-order valence-corrected chi connectivity index (χ4v) is 3.24. The third-order valence-corrected chi connectivity index (χ3v) is 4.89. The van der Waals surface area contributed by atoms with Crippen LogP contribution < -0.4 is 10.6 Å². The lowest BCUT2D eigenvalue weighted by molar-refractivity contribution is -0.384. The van der Waals surface area contributed by atoms with Gasteiger partial charge in [0.1, 0.15) is 12.1 Å². The standard InChI is InChI=1S/C20H20N4O5/c1-12-4-9-16(13(2)10-12)21-17(25)11-23-18(26)20(3,22-19(23)27)14-5-7-15(8-6-14)24(28)29/h4-10H,11H2,1-3H3,(H,21,25)(H,22,27)/t20-/m0/s1. The van der Waals surface area contributed by atoms with Crippen molar-refractivity contribution in [2.24, 2.45) is 0 Å². The first kappa shape index (κ1) is 20.0. The molecular weight excluding hydrogens is 376 g/mol. The highest BCUT2D eigenvalue weighted by molar-refractivity contribution is 6.10. The molecule has 1 atom stereocenters. The van der Waals surface area contributed by atoms with Gasteiger partial charge in [0.15, 0.2) is 0 Å². The fourth-order valence-electron chi connectivity index (χ4n) is 3.24. The Bertz CT molecular complexity index is 1020. The molecule has 4 amide bonds. The molecule has 2 N–H and O–H groups in total. The van der Waals surface area contributed by atoms with Gasteiger partial charge in [0, 0.05) is 17.8 Å². The molecule has 1 saturated heterocycles. The molecule has 1 fully saturated rings. The number of amides is 4. The third kappa shape index (κ3) is 3.79. The molecule has 0 aromatic heterocycles. The summed E-state index contributed by atoms with van der Waals surface area (Å²) in [4.78, 5) is 48.7. The molecule has 0 radical (unpaired) electrons. The second-order valence-electron chi connectivity index (χ2n) is 7.12. The molecule has 9 heteroatoms. The largest absolute Gasteiger partial charge is 0.325 e. The van der Waals surface area contributed by atoms with Crippen LogP contribution in [0.5, 0.6) is 0 Å². The lowest BCUT2D eigenvalue weighted by Crippen LogP contribution is -2.42. The quantitative estimate of drug-likeness (QED) is 0.457. The molecule has 0 bridgehead atoms. The van der Waals surface area contributed by atoms with E-state index in [1.807, 2.05) is 26.0 Å². The minimum Gasteiger partial charge on any atom is -0.324 e. The van der Waals surface area contributed by atoms with Crippen LogP contribution in [0.25, 0.3) is 0 Å². The average molecular weight is 396 g/mol. The molecule has 1 heterocycles. The first-order valence-electron chi connectivity index (χ1n) is 8.88. The predicted molar refractivity (Wildman–Crippen MR) is 105 cm³/mol. The third-order valence-electron chi connectivity index (χ3n) is 4.89. The minimum absolute atomic E-state index is 0.126. The Morgan fingerprint density at radius 3 is 2.41 bits per heavy atom. The highest BCUT2D eigenvalue weighted by Crippen LogP contribution is 2.30. The molecular formula is C20H20N4O5. The Labute approximate surface area is 166 Å². The molecule has 0 spiro atoms. The van der Waals surface area contributed by atoms with Crippen molar-refractivity contribution in [2.45, 2.75) is 26.3 Å². The van der Waals surface area contributed by atoms with Crippen LogP contribution in [0.1, 0.15) is 23.6 Å². The number of carbonyl (C=O) groups is 3. The Kier molecular flexibility index (Phi) is 5.06. The van der Waals surface area contributed by atoms with Crippen molar-refractivity contribution >= 4 is 29.2 Å². The summed E-state index contributed by atoms with van der Waals surface area (Å²) < 4.78 is 0. The maximum absolute atomic E-state index is 12.9. The molecule has 9 nitrogen and oxygen atoms in total. The summed E-state index contributed by atoms with van der Waals surface area (Å²) in [6.07, 6.45) is 0. The number of benzene rings is 2. The Morgan fingerprint density at radius 2 is 1.83 bits per heavy atom. The van der Waals surface area contributed by atoms with Crippen molar-refractivity contribution in [1.29, 1.82) is 0 Å². The lowest BCUT2D eigenvalue weighted by Gasteiger charge is -2.22. The number of non-ortho nitro benzene ring substituents is 1. The van der Waals surface area contributed by atoms with E-state index in [1.54, 1.807) is 6.07 Å². The summed E-state index contributed by atoms with van der Waals surface area (Å²) in [5.74, 6) is -1.11. The number of nitro benzene ring substituents is 1. The maximum Gasteiger partial charge on any atom is 0.325 e. The molecule has 3 rings (SSSR count). The number of anilines is 1. The van der Waals surface area contributed by atoms with Crippen molar-refractivity contribution in [3.8, 4) is 0 Å². The van der Waals surface area contributed by atoms with E-state index in [-0.39, 0.29) is 5.69 Å². The number of nitrogens with zero attached hydrogens (tertiary/aromatic N) is 2. The number of urea groups is 1. The number of aryl methyl sites for hydroxylation is 2. The average Bonchev–Trinajstić information content (AvgIpc) is 2.88. The monoisotopic (exact) mass is 396 g/mol. The molecule has 2 aromatic carbocycles. The van der Waals surface area contributed by atoms with Crippen LogP contribution in [0, 0.1) is 24.0 Å². The minimum atomic E-state index is -1.41. The summed E-state index contributed by atoms with van der Waals surface area (Å²) >= 11 is 0. The van der Waals surface area contributed by atoms with Crippen LogP contribution in [-0.2, 0) is 15.1 Å². The SMILES string of the molecule is Cc1ccc(NC(=O)CN2C(=O)N[C@@](C)(c3ccc([N+](=O)[O-])cc3)C2=O)c(C)c1. The number of nitrogens with one attached hydrogen (secondary N) is 2. The van der Waals surface area contributed by atoms with E-state index in [0.717, 1.165) is 16.0 Å². The van der Waals surface area contributed by atoms with E-state index in [0.29, 0.717) is 11.3 Å². The molecule has 150 valence electrons. The normalized spacial score (nSPS) is 18.5. The summed E-state index contributed by atoms with van der Waals surface area (Å²) in [6.45, 7) is 4.84. The number of hydrogen-bond donors (Lipinski definition) is 2. The van der Waals surface area contributed by atoms with Crippen LogP contribution >= 0.6 is 0 Å². The second-order valence-corrected chi connectivity index (χ2v) is 7.12. The molecule has 1 aliphatic rings. The van der Waals surface area contributed by atoms with Gasteiger partial charge in [-0.15, -0.1) is 0 Å². The van der Waals surface area contributed by atoms with Crippen LogP contribution in [0.4, 0.5) is 16.2 Å². The van der Waals surface area contributed by atoms with Gasteiger partial charge in [0.25, 0.3) is 11.6 Å². The van der Waals surface area contributed by atoms with Gasteiger partial charge in [-0.2, -0.15) is 0 Å². The first-order chi connectivity index (χ1) is 13.6. The fraction of sp³-hybridized carbons (Fsp3) is 0.250. The van der Waals surface area contributed by atoms with Gasteiger partial charge in [-0.25, -0.2) is 4.79 Å². The Morgan fingerprint density at radius 1 is 1.17 bits per heavy atom. The molecule has 0 saturated carbocycles. The Balaban J connectivity index is 1.75. The van der Waals surface area contributed by atoms with Gasteiger partial charge in [0.2, 0.25) is 5.91 Å². The van der Waals surface area contributed by atoms with Gasteiger partial charge >= 0.3 is 6.03 Å². The first-order valence-corrected chi connectivity index (χ1v) is 8.88. The summed E-state index contributed by atoms with van der Waals surface area (Å²) in [7, 11) is 0. The maximum atomic E-state index is 12.9. The topological polar surface area (TPSA) is 122 Å². The molecule has 0 unspecified atom stereocenters. The van der Waals surface area contributed by atoms with E-state index < -0.39 is 34.9 Å². The van der Waals surface area contributed by atoms with Crippen molar-refractivity contribution in [3.05, 3.63) is 69.3 Å². The number of carbonyl (C=O) groups excluding carboxylic acids is 3. The molecule has 1 aliphatic heterocycles. The Hall–Kier alpha value is -3.75. The molecule has 2 aromatic rings. The van der Waals surface area contributed by atoms with Gasteiger partial charge < -0.3 is 10.6 Å². The van der Waals surface area contributed by atoms with Crippen LogP contribution in [-0.4, -0.2) is 34.2 Å². The van der Waals surface area contributed by atoms with Crippen molar-refractivity contribution in [2.75, 3.05) is 11.9 Å². The zero-order valence-electron chi connectivity index (χ0n) is 16.2. The van der Waals surface area contributed by atoms with E-state index in [9.17, 15) is 24.5 Å². The van der Waals surface area contributed by atoms with Gasteiger partial charge in [-0.3, -0.25) is 24.6 Å². The van der Waals surface area contributed by atoms with Crippen LogP contribution in [0.2, 0.25) is 0 Å². The number of nitro groups is 1. The highest BCUT2D eigenvalue weighted by atomic mass is 16.6. The molecule has 29 heavy (non-hydrogen) atoms. The van der Waals surface area contributed by atoms with Gasteiger partial charge in [-0.1, -0.05) is 17.7 Å². The highest BCUT2D eigenvalue weighted by Gasteiger charge is 2.49. The van der Waals surface area contributed by atoms with Crippen LogP contribution in [0.15, 0.2) is 42.5 Å². The van der Waals surface area contributed by atoms with Crippen molar-refractivity contribution in [1.82, 2.24) is 10.2 Å². The van der Waals surface area contributed by atoms with Crippen molar-refractivity contribution < 1.29 is 19.3 Å². The van der Waals surface area contributed by atoms with E-state index in [2.05, 4.69) is 10.6 Å². The van der Waals surface area contributed by atoms with Crippen LogP contribution in [0.3, 0.4) is 0 Å². The summed E-state index contributed by atoms with van der Waals surface area (Å²) in [5.41, 5.74) is 1.37. The number of imide groups is 1. The number of rotatable bonds is 5. The summed E-state index contributed by atoms with van der Waals surface area (Å²) in [5, 5.41) is 16.1. The zero-order valence-corrected chi connectivity index (χ0v) is 16.2. The predicted octanol–water partition coefficient (Wildman–Crippen LogP) is 2.62. The zero-order chi connectivity index (χ0) is 21.3. The van der Waals surface area contributed by atoms with Gasteiger partial charge in [0.05, 0.1) is 4.92 Å². The van der Waals surface area contributed by atoms with E-state index in [4.69, 9.17) is 0 Å². The second kappa shape index (κ2) is 7.34.